The molecule has 4 atom stereocenters. The maximum absolute atomic E-state index is 9.90. The Labute approximate surface area is 153 Å². The molecule has 0 aromatic carbocycles. The summed E-state index contributed by atoms with van der Waals surface area (Å²) in [4.78, 5) is 0. The molecule has 0 aliphatic carbocycles. The van der Waals surface area contributed by atoms with Crippen LogP contribution in [0.2, 0.25) is 0 Å². The molecule has 1 saturated heterocycles. The minimum atomic E-state index is -1.03. The molecule has 25 heavy (non-hydrogen) atoms. The van der Waals surface area contributed by atoms with Gasteiger partial charge in [-0.3, -0.25) is 0 Å². The number of aliphatic hydroxyl groups is 3. The molecule has 0 amide bonds. The summed E-state index contributed by atoms with van der Waals surface area (Å²) >= 11 is 0. The topological polar surface area (TPSA) is 79.2 Å². The van der Waals surface area contributed by atoms with Crippen molar-refractivity contribution in [2.45, 2.75) is 95.5 Å². The first-order chi connectivity index (χ1) is 12.2. The molecule has 148 valence electrons. The van der Waals surface area contributed by atoms with Crippen molar-refractivity contribution in [2.24, 2.45) is 0 Å². The lowest BCUT2D eigenvalue weighted by Gasteiger charge is -2.20. The average Bonchev–Trinajstić information content (AvgIpc) is 2.94. The van der Waals surface area contributed by atoms with Gasteiger partial charge in [0.25, 0.3) is 0 Å². The predicted molar refractivity (Wildman–Crippen MR) is 99.6 cm³/mol. The Hall–Kier alpha value is -0.460. The van der Waals surface area contributed by atoms with E-state index in [1.165, 1.54) is 51.4 Å². The number of hydrogen-bond donors (Lipinski definition) is 3. The zero-order valence-corrected chi connectivity index (χ0v) is 15.8. The van der Waals surface area contributed by atoms with E-state index in [9.17, 15) is 15.3 Å². The van der Waals surface area contributed by atoms with Gasteiger partial charge in [-0.15, -0.1) is 0 Å². The molecule has 1 rings (SSSR count). The first-order valence-electron chi connectivity index (χ1n) is 10.0. The molecule has 5 heteroatoms. The molecule has 0 radical (unpaired) electrons. The second-order valence-electron chi connectivity index (χ2n) is 7.02. The van der Waals surface area contributed by atoms with Gasteiger partial charge in [0.15, 0.2) is 0 Å². The molecule has 1 aliphatic heterocycles. The van der Waals surface area contributed by atoms with Gasteiger partial charge in [0.1, 0.15) is 24.4 Å². The largest absolute Gasteiger partial charge is 0.388 e. The Morgan fingerprint density at radius 1 is 1.00 bits per heavy atom. The van der Waals surface area contributed by atoms with Crippen LogP contribution >= 0.6 is 0 Å². The zero-order valence-electron chi connectivity index (χ0n) is 15.8. The van der Waals surface area contributed by atoms with Gasteiger partial charge in [-0.25, -0.2) is 0 Å². The minimum absolute atomic E-state index is 0.0669. The van der Waals surface area contributed by atoms with E-state index in [-0.39, 0.29) is 13.2 Å². The molecule has 0 aromatic rings. The molecule has 0 unspecified atom stereocenters. The van der Waals surface area contributed by atoms with Crippen molar-refractivity contribution < 1.29 is 24.8 Å². The first kappa shape index (κ1) is 22.6. The summed E-state index contributed by atoms with van der Waals surface area (Å²) in [7, 11) is 0. The van der Waals surface area contributed by atoms with Crippen molar-refractivity contribution >= 4 is 0 Å². The molecule has 0 saturated carbocycles. The highest BCUT2D eigenvalue weighted by Crippen LogP contribution is 2.18. The maximum Gasteiger partial charge on any atom is 0.114 e. The third-order valence-electron chi connectivity index (χ3n) is 4.66. The van der Waals surface area contributed by atoms with Gasteiger partial charge in [0.2, 0.25) is 0 Å². The smallest absolute Gasteiger partial charge is 0.114 e. The lowest BCUT2D eigenvalue weighted by atomic mass is 10.1. The molecule has 3 N–H and O–H groups in total. The molecule has 0 spiro atoms. The molecule has 0 bridgehead atoms. The maximum atomic E-state index is 9.90. The van der Waals surface area contributed by atoms with E-state index < -0.39 is 24.4 Å². The predicted octanol–water partition coefficient (Wildman–Crippen LogP) is 2.96. The summed E-state index contributed by atoms with van der Waals surface area (Å²) < 4.78 is 10.6. The summed E-state index contributed by atoms with van der Waals surface area (Å²) in [6.45, 7) is 3.04. The van der Waals surface area contributed by atoms with Crippen LogP contribution in [-0.2, 0) is 9.47 Å². The van der Waals surface area contributed by atoms with Gasteiger partial charge in [-0.1, -0.05) is 57.6 Å². The summed E-state index contributed by atoms with van der Waals surface area (Å²) in [6.07, 6.45) is 13.2. The standard InChI is InChI=1S/C20H38O5/c1-2-3-4-5-6-7-8-9-10-11-12-13-14-24-15-18(22)20-19(23)17(21)16-25-20/h5-6,17-23H,2-4,7-16H2,1H3/b6-5+/t17-,18+,19+,20+/m1/s1. The van der Waals surface area contributed by atoms with Crippen LogP contribution in [0.1, 0.15) is 71.1 Å². The van der Waals surface area contributed by atoms with Crippen molar-refractivity contribution in [2.75, 3.05) is 19.8 Å². The van der Waals surface area contributed by atoms with E-state index in [1.54, 1.807) is 0 Å². The lowest BCUT2D eigenvalue weighted by molar-refractivity contribution is -0.0813. The number of hydrogen-bond acceptors (Lipinski definition) is 5. The Kier molecular flexibility index (Phi) is 13.3. The number of unbranched alkanes of at least 4 members (excludes halogenated alkanes) is 8. The fraction of sp³-hybridized carbons (Fsp3) is 0.900. The fourth-order valence-electron chi connectivity index (χ4n) is 2.99. The van der Waals surface area contributed by atoms with Gasteiger partial charge >= 0.3 is 0 Å². The first-order valence-corrected chi connectivity index (χ1v) is 10.0. The Balaban J connectivity index is 1.84. The number of ether oxygens (including phenoxy) is 2. The van der Waals surface area contributed by atoms with Crippen LogP contribution in [0.4, 0.5) is 0 Å². The summed E-state index contributed by atoms with van der Waals surface area (Å²) in [5, 5.41) is 28.9. The van der Waals surface area contributed by atoms with Crippen LogP contribution in [0.25, 0.3) is 0 Å². The lowest BCUT2D eigenvalue weighted by Crippen LogP contribution is -2.40. The average molecular weight is 359 g/mol. The summed E-state index contributed by atoms with van der Waals surface area (Å²) in [6, 6.07) is 0. The van der Waals surface area contributed by atoms with Crippen molar-refractivity contribution in [1.29, 1.82) is 0 Å². The number of rotatable bonds is 15. The Bertz CT molecular complexity index is 334. The van der Waals surface area contributed by atoms with Crippen LogP contribution in [-0.4, -0.2) is 59.6 Å². The summed E-state index contributed by atoms with van der Waals surface area (Å²) in [5.74, 6) is 0. The van der Waals surface area contributed by atoms with Crippen LogP contribution in [0.5, 0.6) is 0 Å². The quantitative estimate of drug-likeness (QED) is 0.310. The van der Waals surface area contributed by atoms with Gasteiger partial charge in [-0.2, -0.15) is 0 Å². The Morgan fingerprint density at radius 3 is 2.28 bits per heavy atom. The van der Waals surface area contributed by atoms with Crippen molar-refractivity contribution in [3.05, 3.63) is 12.2 Å². The minimum Gasteiger partial charge on any atom is -0.388 e. The molecule has 1 aliphatic rings. The van der Waals surface area contributed by atoms with Crippen molar-refractivity contribution in [3.63, 3.8) is 0 Å². The van der Waals surface area contributed by atoms with E-state index in [0.717, 1.165) is 12.8 Å². The van der Waals surface area contributed by atoms with Crippen LogP contribution in [0.15, 0.2) is 12.2 Å². The van der Waals surface area contributed by atoms with Gasteiger partial charge in [-0.05, 0) is 25.7 Å². The normalized spacial score (nSPS) is 25.0. The van der Waals surface area contributed by atoms with E-state index in [1.807, 2.05) is 0 Å². The molecule has 0 aromatic heterocycles. The zero-order chi connectivity index (χ0) is 18.3. The molecule has 1 heterocycles. The monoisotopic (exact) mass is 358 g/mol. The SMILES string of the molecule is CCCC/C=C/CCCCCCCCOC[C@H](O)[C@@H]1OC[C@@H](O)[C@@H]1O. The number of aliphatic hydroxyl groups excluding tert-OH is 3. The molecule has 5 nitrogen and oxygen atoms in total. The van der Waals surface area contributed by atoms with Gasteiger partial charge < -0.3 is 24.8 Å². The van der Waals surface area contributed by atoms with Crippen LogP contribution in [0.3, 0.4) is 0 Å². The highest BCUT2D eigenvalue weighted by Gasteiger charge is 2.39. The van der Waals surface area contributed by atoms with Crippen molar-refractivity contribution in [3.8, 4) is 0 Å². The molecular weight excluding hydrogens is 320 g/mol. The third kappa shape index (κ3) is 10.3. The van der Waals surface area contributed by atoms with Crippen LogP contribution in [0, 0.1) is 0 Å². The second-order valence-corrected chi connectivity index (χ2v) is 7.02. The van der Waals surface area contributed by atoms with E-state index in [0.29, 0.717) is 6.61 Å². The molecular formula is C20H38O5. The van der Waals surface area contributed by atoms with E-state index >= 15 is 0 Å². The second kappa shape index (κ2) is 14.7. The highest BCUT2D eigenvalue weighted by atomic mass is 16.5. The van der Waals surface area contributed by atoms with Crippen molar-refractivity contribution in [1.82, 2.24) is 0 Å². The number of allylic oxidation sites excluding steroid dienone is 2. The Morgan fingerprint density at radius 2 is 1.64 bits per heavy atom. The van der Waals surface area contributed by atoms with Gasteiger partial charge in [0, 0.05) is 6.61 Å². The highest BCUT2D eigenvalue weighted by molar-refractivity contribution is 4.87. The van der Waals surface area contributed by atoms with Crippen LogP contribution < -0.4 is 0 Å². The third-order valence-corrected chi connectivity index (χ3v) is 4.66. The fourth-order valence-corrected chi connectivity index (χ4v) is 2.99. The van der Waals surface area contributed by atoms with E-state index in [2.05, 4.69) is 19.1 Å². The molecule has 1 fully saturated rings. The summed E-state index contributed by atoms with van der Waals surface area (Å²) in [5.41, 5.74) is 0. The van der Waals surface area contributed by atoms with E-state index in [4.69, 9.17) is 9.47 Å². The van der Waals surface area contributed by atoms with Gasteiger partial charge in [0.05, 0.1) is 13.2 Å².